The molecule has 1 aliphatic rings. The standard InChI is InChI=1S/C80H147N9O13S/c1-10-14-17-20-23-26-29-32-35-38-41-44-47-52-68(90)86-66(60-103-59-65(102-72(94)54-49-46-43-40-37-34-31-28-25-22-19-16-12-3)58-101-71(93)53-48-45-42-39-36-33-30-27-24-21-18-15-11-2)77(97)85-63(8)76(96)88-74(62(7)13-4)79(99)83-57-70(92)87-73(61(5)6)78(98)82-56-69(91)84-64(9)80(100)89-55-50-51-67(89)75(81)95/h61-67,73-74H,10-60H2,1-9H3,(H2,81,95)(H,82,98)(H,83,99)(H,84,91)(H,85,97)(H,86,90)(H,87,92)(H,88,96)/t62-,63?,64?,65?,66?,67?,73?,74-/m0/s1. The van der Waals surface area contributed by atoms with Crippen molar-refractivity contribution >= 4 is 76.9 Å². The molecule has 0 aromatic carbocycles. The molecule has 1 heterocycles. The van der Waals surface area contributed by atoms with Crippen LogP contribution in [-0.4, -0.2) is 150 Å². The molecule has 1 saturated heterocycles. The Hall–Kier alpha value is -5.48. The number of nitrogens with two attached hydrogens (primary N) is 1. The quantitative estimate of drug-likeness (QED) is 0.0207. The van der Waals surface area contributed by atoms with Crippen molar-refractivity contribution in [1.82, 2.24) is 42.1 Å². The van der Waals surface area contributed by atoms with E-state index in [0.29, 0.717) is 45.1 Å². The molecular weight excluding hydrogens is 1330 g/mol. The molecule has 9 amide bonds. The van der Waals surface area contributed by atoms with E-state index in [2.05, 4.69) is 58.0 Å². The number of carbonyl (C=O) groups is 11. The zero-order valence-electron chi connectivity index (χ0n) is 66.0. The molecule has 9 N–H and O–H groups in total. The topological polar surface area (TPSA) is 320 Å². The van der Waals surface area contributed by atoms with E-state index in [0.717, 1.165) is 64.2 Å². The minimum atomic E-state index is -1.20. The van der Waals surface area contributed by atoms with Gasteiger partial charge in [0.1, 0.15) is 49.0 Å². The second-order valence-corrected chi connectivity index (χ2v) is 30.7. The first-order valence-corrected chi connectivity index (χ1v) is 42.3. The van der Waals surface area contributed by atoms with Gasteiger partial charge in [0.05, 0.1) is 13.1 Å². The molecule has 0 spiro atoms. The van der Waals surface area contributed by atoms with Crippen molar-refractivity contribution < 1.29 is 62.2 Å². The lowest BCUT2D eigenvalue weighted by molar-refractivity contribution is -0.157. The number of unbranched alkanes of at least 4 members (excludes halogenated alkanes) is 36. The predicted octanol–water partition coefficient (Wildman–Crippen LogP) is 13.5. The van der Waals surface area contributed by atoms with E-state index in [9.17, 15) is 52.7 Å². The van der Waals surface area contributed by atoms with E-state index < -0.39 is 121 Å². The lowest BCUT2D eigenvalue weighted by atomic mass is 9.98. The second kappa shape index (κ2) is 62.7. The molecule has 1 rings (SSSR count). The third-order valence-electron chi connectivity index (χ3n) is 19.7. The van der Waals surface area contributed by atoms with Crippen molar-refractivity contribution in [2.45, 2.75) is 394 Å². The van der Waals surface area contributed by atoms with Gasteiger partial charge in [0.2, 0.25) is 53.2 Å². The van der Waals surface area contributed by atoms with Gasteiger partial charge < -0.3 is 57.3 Å². The van der Waals surface area contributed by atoms with Gasteiger partial charge in [0, 0.05) is 37.3 Å². The number of esters is 2. The highest BCUT2D eigenvalue weighted by Crippen LogP contribution is 2.21. The first-order valence-electron chi connectivity index (χ1n) is 41.2. The minimum Gasteiger partial charge on any atom is -0.462 e. The first-order chi connectivity index (χ1) is 49.6. The Balaban J connectivity index is 3.12. The molecular formula is C80H147N9O13S. The van der Waals surface area contributed by atoms with E-state index in [4.69, 9.17) is 15.2 Å². The van der Waals surface area contributed by atoms with Gasteiger partial charge in [-0.3, -0.25) is 52.7 Å². The average molecular weight is 1480 g/mol. The maximum absolute atomic E-state index is 14.3. The molecule has 1 fully saturated rings. The van der Waals surface area contributed by atoms with Crippen LogP contribution in [0.5, 0.6) is 0 Å². The number of ether oxygens (including phenoxy) is 2. The largest absolute Gasteiger partial charge is 0.462 e. The summed E-state index contributed by atoms with van der Waals surface area (Å²) >= 11 is 1.26. The van der Waals surface area contributed by atoms with Crippen molar-refractivity contribution in [2.75, 3.05) is 37.7 Å². The Morgan fingerprint density at radius 3 is 1.26 bits per heavy atom. The zero-order valence-corrected chi connectivity index (χ0v) is 66.8. The summed E-state index contributed by atoms with van der Waals surface area (Å²) in [6.07, 6.45) is 46.9. The highest BCUT2D eigenvalue weighted by atomic mass is 32.2. The van der Waals surface area contributed by atoms with E-state index in [-0.39, 0.29) is 49.3 Å². The number of primary amides is 1. The monoisotopic (exact) mass is 1470 g/mol. The van der Waals surface area contributed by atoms with Crippen LogP contribution in [-0.2, 0) is 62.2 Å². The number of likely N-dealkylation sites (tertiary alicyclic amines) is 1. The molecule has 0 saturated carbocycles. The number of nitrogens with zero attached hydrogens (tertiary/aromatic N) is 1. The lowest BCUT2D eigenvalue weighted by Crippen LogP contribution is -2.58. The van der Waals surface area contributed by atoms with Crippen molar-refractivity contribution in [2.24, 2.45) is 17.6 Å². The third-order valence-corrected chi connectivity index (χ3v) is 20.9. The zero-order chi connectivity index (χ0) is 76.3. The van der Waals surface area contributed by atoms with Crippen LogP contribution < -0.4 is 43.0 Å². The van der Waals surface area contributed by atoms with E-state index in [1.54, 1.807) is 20.8 Å². The molecule has 22 nitrogen and oxygen atoms in total. The van der Waals surface area contributed by atoms with Crippen LogP contribution in [0, 0.1) is 11.8 Å². The number of carbonyl (C=O) groups excluding carboxylic acids is 11. The van der Waals surface area contributed by atoms with E-state index in [1.807, 2.05) is 6.92 Å². The highest BCUT2D eigenvalue weighted by molar-refractivity contribution is 7.99. The number of hydrogen-bond acceptors (Lipinski definition) is 14. The summed E-state index contributed by atoms with van der Waals surface area (Å²) in [6.45, 7) is 15.6. The second-order valence-electron chi connectivity index (χ2n) is 29.6. The summed E-state index contributed by atoms with van der Waals surface area (Å²) in [5.74, 6) is -7.08. The Morgan fingerprint density at radius 2 is 0.835 bits per heavy atom. The van der Waals surface area contributed by atoms with Crippen molar-refractivity contribution in [3.63, 3.8) is 0 Å². The molecule has 0 aromatic rings. The van der Waals surface area contributed by atoms with E-state index >= 15 is 0 Å². The smallest absolute Gasteiger partial charge is 0.306 e. The molecule has 6 unspecified atom stereocenters. The predicted molar refractivity (Wildman–Crippen MR) is 414 cm³/mol. The summed E-state index contributed by atoms with van der Waals surface area (Å²) in [5, 5.41) is 18.5. The van der Waals surface area contributed by atoms with Gasteiger partial charge in [-0.2, -0.15) is 11.8 Å². The SMILES string of the molecule is CCCCCCCCCCCCCCCC(=O)NC(CSCC(COC(=O)CCCCCCCCCCCCCCC)OC(=O)CCCCCCCCCCCCCCC)C(=O)NC(C)C(=O)N[C@H](C(=O)NCC(=O)NC(C(=O)NCC(=O)NC(C)C(=O)N1CCCC1C(N)=O)C(C)C)[C@@H](C)CC. The van der Waals surface area contributed by atoms with Crippen LogP contribution in [0.15, 0.2) is 0 Å². The number of nitrogens with one attached hydrogen (secondary N) is 7. The first kappa shape index (κ1) is 95.5. The molecule has 1 aliphatic heterocycles. The van der Waals surface area contributed by atoms with Gasteiger partial charge in [0.25, 0.3) is 0 Å². The number of amides is 9. The highest BCUT2D eigenvalue weighted by Gasteiger charge is 2.36. The maximum atomic E-state index is 14.3. The van der Waals surface area contributed by atoms with Crippen molar-refractivity contribution in [3.8, 4) is 0 Å². The van der Waals surface area contributed by atoms with Crippen LogP contribution >= 0.6 is 11.8 Å². The molecule has 8 atom stereocenters. The number of rotatable bonds is 67. The third kappa shape index (κ3) is 49.1. The molecule has 0 aromatic heterocycles. The van der Waals surface area contributed by atoms with Gasteiger partial charge in [-0.15, -0.1) is 0 Å². The van der Waals surface area contributed by atoms with Crippen LogP contribution in [0.3, 0.4) is 0 Å². The fourth-order valence-electron chi connectivity index (χ4n) is 12.9. The fourth-order valence-corrected chi connectivity index (χ4v) is 13.9. The molecule has 103 heavy (non-hydrogen) atoms. The molecule has 0 bridgehead atoms. The molecule has 0 radical (unpaired) electrons. The lowest BCUT2D eigenvalue weighted by Gasteiger charge is -2.27. The van der Waals surface area contributed by atoms with E-state index in [1.165, 1.54) is 197 Å². The summed E-state index contributed by atoms with van der Waals surface area (Å²) < 4.78 is 11.8. The average Bonchev–Trinajstić information content (AvgIpc) is 1.78. The molecule has 23 heteroatoms. The fraction of sp³-hybridized carbons (Fsp3) is 0.863. The van der Waals surface area contributed by atoms with Crippen LogP contribution in [0.4, 0.5) is 0 Å². The van der Waals surface area contributed by atoms with Crippen LogP contribution in [0.25, 0.3) is 0 Å². The Morgan fingerprint density at radius 1 is 0.427 bits per heavy atom. The number of hydrogen-bond donors (Lipinski definition) is 8. The normalized spacial score (nSPS) is 14.9. The van der Waals surface area contributed by atoms with Gasteiger partial charge in [-0.25, -0.2) is 0 Å². The van der Waals surface area contributed by atoms with Crippen molar-refractivity contribution in [1.29, 1.82) is 0 Å². The van der Waals surface area contributed by atoms with Gasteiger partial charge >= 0.3 is 11.9 Å². The molecule has 596 valence electrons. The van der Waals surface area contributed by atoms with Crippen LogP contribution in [0.1, 0.15) is 351 Å². The Kier molecular flexibility index (Phi) is 58.1. The van der Waals surface area contributed by atoms with Gasteiger partial charge in [0.15, 0.2) is 0 Å². The number of thioether (sulfide) groups is 1. The Labute approximate surface area is 627 Å². The summed E-state index contributed by atoms with van der Waals surface area (Å²) in [7, 11) is 0. The Bertz CT molecular complexity index is 2350. The molecule has 0 aliphatic carbocycles. The van der Waals surface area contributed by atoms with Gasteiger partial charge in [-0.05, 0) is 57.8 Å². The maximum Gasteiger partial charge on any atom is 0.306 e. The van der Waals surface area contributed by atoms with Crippen LogP contribution in [0.2, 0.25) is 0 Å². The minimum absolute atomic E-state index is 0.0282. The summed E-state index contributed by atoms with van der Waals surface area (Å²) in [4.78, 5) is 148. The van der Waals surface area contributed by atoms with Gasteiger partial charge in [-0.1, -0.05) is 286 Å². The summed E-state index contributed by atoms with van der Waals surface area (Å²) in [5.41, 5.74) is 5.46. The summed E-state index contributed by atoms with van der Waals surface area (Å²) in [6, 6.07) is -6.39. The van der Waals surface area contributed by atoms with Crippen molar-refractivity contribution in [3.05, 3.63) is 0 Å².